The molecule has 0 spiro atoms. The summed E-state index contributed by atoms with van der Waals surface area (Å²) in [5.41, 5.74) is 5.96. The highest BCUT2D eigenvalue weighted by molar-refractivity contribution is 5.97. The van der Waals surface area contributed by atoms with Crippen LogP contribution in [-0.4, -0.2) is 60.8 Å². The van der Waals surface area contributed by atoms with Gasteiger partial charge in [-0.15, -0.1) is 0 Å². The number of carbonyl (C=O) groups excluding carboxylic acids is 3. The van der Waals surface area contributed by atoms with Gasteiger partial charge in [-0.2, -0.15) is 0 Å². The standard InChI is InChI=1S/C30H33N5O5/c1-20(36)28(30(39)34-40)33-29(38)24-12-6-21(7-13-24)4-5-22-8-14-25(15-9-22)32-27(37)19-31-18-23-10-16-26(17-11-23)35(2)3/h6-17,20,28,31,36,40H,18-19H2,1-3H3,(H,32,37)(H,33,38)(H,34,39). The molecule has 6 N–H and O–H groups in total. The summed E-state index contributed by atoms with van der Waals surface area (Å²) in [5, 5.41) is 26.8. The van der Waals surface area contributed by atoms with E-state index in [1.54, 1.807) is 48.5 Å². The van der Waals surface area contributed by atoms with Crippen molar-refractivity contribution in [3.05, 3.63) is 95.1 Å². The topological polar surface area (TPSA) is 143 Å². The van der Waals surface area contributed by atoms with Crippen LogP contribution in [0.25, 0.3) is 0 Å². The first-order valence-corrected chi connectivity index (χ1v) is 12.6. The zero-order chi connectivity index (χ0) is 29.1. The zero-order valence-corrected chi connectivity index (χ0v) is 22.6. The average molecular weight is 544 g/mol. The van der Waals surface area contributed by atoms with E-state index in [-0.39, 0.29) is 18.0 Å². The van der Waals surface area contributed by atoms with Crippen molar-refractivity contribution in [2.45, 2.75) is 25.6 Å². The molecule has 40 heavy (non-hydrogen) atoms. The fourth-order valence-corrected chi connectivity index (χ4v) is 3.62. The van der Waals surface area contributed by atoms with Gasteiger partial charge in [0.05, 0.1) is 12.6 Å². The summed E-state index contributed by atoms with van der Waals surface area (Å²) < 4.78 is 0. The maximum Gasteiger partial charge on any atom is 0.268 e. The Bertz CT molecular complexity index is 1360. The van der Waals surface area contributed by atoms with Gasteiger partial charge in [-0.05, 0) is 73.2 Å². The lowest BCUT2D eigenvalue weighted by molar-refractivity contribution is -0.133. The summed E-state index contributed by atoms with van der Waals surface area (Å²) in [4.78, 5) is 38.3. The van der Waals surface area contributed by atoms with E-state index in [1.165, 1.54) is 12.4 Å². The van der Waals surface area contributed by atoms with E-state index in [2.05, 4.69) is 27.8 Å². The molecule has 0 radical (unpaired) electrons. The van der Waals surface area contributed by atoms with E-state index in [0.29, 0.717) is 17.8 Å². The van der Waals surface area contributed by atoms with Crippen LogP contribution in [0, 0.1) is 11.8 Å². The van der Waals surface area contributed by atoms with E-state index in [4.69, 9.17) is 5.21 Å². The second kappa shape index (κ2) is 14.5. The van der Waals surface area contributed by atoms with Gasteiger partial charge in [-0.25, -0.2) is 5.48 Å². The Balaban J connectivity index is 1.48. The van der Waals surface area contributed by atoms with Gasteiger partial charge in [-0.3, -0.25) is 19.6 Å². The van der Waals surface area contributed by atoms with Gasteiger partial charge in [-0.1, -0.05) is 24.0 Å². The second-order valence-corrected chi connectivity index (χ2v) is 9.29. The molecule has 3 aromatic carbocycles. The van der Waals surface area contributed by atoms with Crippen molar-refractivity contribution < 1.29 is 24.7 Å². The van der Waals surface area contributed by atoms with Crippen LogP contribution in [0.2, 0.25) is 0 Å². The molecule has 0 saturated carbocycles. The first-order chi connectivity index (χ1) is 19.2. The smallest absolute Gasteiger partial charge is 0.268 e. The van der Waals surface area contributed by atoms with Crippen LogP contribution in [0.1, 0.15) is 34.0 Å². The maximum atomic E-state index is 12.4. The SMILES string of the molecule is CC(O)C(NC(=O)c1ccc(C#Cc2ccc(NC(=O)CNCc3ccc(N(C)C)cc3)cc2)cc1)C(=O)NO. The minimum absolute atomic E-state index is 0.148. The number of benzene rings is 3. The van der Waals surface area contributed by atoms with Crippen molar-refractivity contribution in [3.63, 3.8) is 0 Å². The van der Waals surface area contributed by atoms with Gasteiger partial charge < -0.3 is 26.0 Å². The number of hydrogen-bond donors (Lipinski definition) is 6. The summed E-state index contributed by atoms with van der Waals surface area (Å²) in [5.74, 6) is 4.39. The van der Waals surface area contributed by atoms with Gasteiger partial charge in [0, 0.05) is 48.7 Å². The lowest BCUT2D eigenvalue weighted by Crippen LogP contribution is -2.51. The number of anilines is 2. The molecule has 0 aliphatic rings. The molecule has 3 rings (SSSR count). The number of amides is 3. The number of nitrogens with one attached hydrogen (secondary N) is 4. The van der Waals surface area contributed by atoms with Gasteiger partial charge in [0.2, 0.25) is 5.91 Å². The molecular formula is C30H33N5O5. The molecule has 208 valence electrons. The van der Waals surface area contributed by atoms with Crippen molar-refractivity contribution in [1.29, 1.82) is 0 Å². The van der Waals surface area contributed by atoms with Gasteiger partial charge >= 0.3 is 0 Å². The Hall–Kier alpha value is -4.69. The molecule has 10 heteroatoms. The fourth-order valence-electron chi connectivity index (χ4n) is 3.62. The minimum Gasteiger partial charge on any atom is -0.391 e. The lowest BCUT2D eigenvalue weighted by Gasteiger charge is -2.19. The monoisotopic (exact) mass is 543 g/mol. The van der Waals surface area contributed by atoms with Crippen molar-refractivity contribution in [3.8, 4) is 11.8 Å². The van der Waals surface area contributed by atoms with Crippen LogP contribution >= 0.6 is 0 Å². The molecule has 0 heterocycles. The molecule has 0 aliphatic heterocycles. The van der Waals surface area contributed by atoms with E-state index in [0.717, 1.165) is 16.8 Å². The first-order valence-electron chi connectivity index (χ1n) is 12.6. The normalized spacial score (nSPS) is 11.8. The summed E-state index contributed by atoms with van der Waals surface area (Å²) >= 11 is 0. The second-order valence-electron chi connectivity index (χ2n) is 9.29. The van der Waals surface area contributed by atoms with E-state index in [1.807, 2.05) is 43.3 Å². The molecule has 10 nitrogen and oxygen atoms in total. The number of aliphatic hydroxyl groups excluding tert-OH is 1. The number of nitrogens with zero attached hydrogens (tertiary/aromatic N) is 1. The summed E-state index contributed by atoms with van der Waals surface area (Å²) in [6, 6.07) is 20.4. The lowest BCUT2D eigenvalue weighted by atomic mass is 10.1. The van der Waals surface area contributed by atoms with Gasteiger partial charge in [0.15, 0.2) is 0 Å². The highest BCUT2D eigenvalue weighted by Gasteiger charge is 2.25. The Labute approximate surface area is 233 Å². The number of aliphatic hydroxyl groups is 1. The summed E-state index contributed by atoms with van der Waals surface area (Å²) in [6.45, 7) is 2.09. The fraction of sp³-hybridized carbons (Fsp3) is 0.233. The molecule has 0 aliphatic carbocycles. The summed E-state index contributed by atoms with van der Waals surface area (Å²) in [6.07, 6.45) is -1.20. The molecule has 3 aromatic rings. The number of rotatable bonds is 10. The van der Waals surface area contributed by atoms with Crippen LogP contribution < -0.4 is 26.3 Å². The van der Waals surface area contributed by atoms with E-state index in [9.17, 15) is 19.5 Å². The van der Waals surface area contributed by atoms with Crippen LogP contribution in [0.5, 0.6) is 0 Å². The average Bonchev–Trinajstić information content (AvgIpc) is 2.95. The Morgan fingerprint density at radius 3 is 1.98 bits per heavy atom. The molecule has 2 atom stereocenters. The number of hydrogen-bond acceptors (Lipinski definition) is 7. The minimum atomic E-state index is -1.30. The van der Waals surface area contributed by atoms with Crippen molar-refractivity contribution in [1.82, 2.24) is 16.1 Å². The third kappa shape index (κ3) is 8.96. The molecule has 3 amide bonds. The van der Waals surface area contributed by atoms with E-state index < -0.39 is 24.0 Å². The zero-order valence-electron chi connectivity index (χ0n) is 22.6. The Morgan fingerprint density at radius 2 is 1.45 bits per heavy atom. The third-order valence-electron chi connectivity index (χ3n) is 5.90. The highest BCUT2D eigenvalue weighted by atomic mass is 16.5. The van der Waals surface area contributed by atoms with Crippen LogP contribution in [0.15, 0.2) is 72.8 Å². The van der Waals surface area contributed by atoms with Crippen LogP contribution in [0.4, 0.5) is 11.4 Å². The molecule has 0 bridgehead atoms. The van der Waals surface area contributed by atoms with Gasteiger partial charge in [0.1, 0.15) is 6.04 Å². The van der Waals surface area contributed by atoms with Crippen molar-refractivity contribution in [2.75, 3.05) is 30.9 Å². The van der Waals surface area contributed by atoms with Gasteiger partial charge in [0.25, 0.3) is 11.8 Å². The van der Waals surface area contributed by atoms with E-state index >= 15 is 0 Å². The van der Waals surface area contributed by atoms with Crippen molar-refractivity contribution in [2.24, 2.45) is 0 Å². The quantitative estimate of drug-likeness (QED) is 0.130. The summed E-state index contributed by atoms with van der Waals surface area (Å²) in [7, 11) is 3.98. The third-order valence-corrected chi connectivity index (χ3v) is 5.90. The van der Waals surface area contributed by atoms with Crippen molar-refractivity contribution >= 4 is 29.1 Å². The highest BCUT2D eigenvalue weighted by Crippen LogP contribution is 2.12. The Morgan fingerprint density at radius 1 is 0.875 bits per heavy atom. The number of carbonyl (C=O) groups is 3. The molecule has 2 unspecified atom stereocenters. The predicted molar refractivity (Wildman–Crippen MR) is 153 cm³/mol. The largest absolute Gasteiger partial charge is 0.391 e. The Kier molecular flexibility index (Phi) is 10.8. The molecular weight excluding hydrogens is 510 g/mol. The predicted octanol–water partition coefficient (Wildman–Crippen LogP) is 1.87. The van der Waals surface area contributed by atoms with Crippen LogP contribution in [0.3, 0.4) is 0 Å². The molecule has 0 aromatic heterocycles. The molecule has 0 saturated heterocycles. The first kappa shape index (κ1) is 29.9. The maximum absolute atomic E-state index is 12.4. The van der Waals surface area contributed by atoms with Crippen LogP contribution in [-0.2, 0) is 16.1 Å². The molecule has 0 fully saturated rings. The number of hydroxylamine groups is 1.